The van der Waals surface area contributed by atoms with E-state index in [1.54, 1.807) is 6.08 Å². The number of carbonyl (C=O) groups excluding carboxylic acids is 1. The maximum absolute atomic E-state index is 13.2. The van der Waals surface area contributed by atoms with Crippen LogP contribution in [0.4, 0.5) is 0 Å². The second-order valence-electron chi connectivity index (χ2n) is 14.2. The van der Waals surface area contributed by atoms with Gasteiger partial charge in [-0.25, -0.2) is 4.79 Å². The number of hydrogen-bond donors (Lipinski definition) is 1. The predicted octanol–water partition coefficient (Wildman–Crippen LogP) is 7.92. The molecule has 7 heteroatoms. The van der Waals surface area contributed by atoms with E-state index in [0.717, 1.165) is 31.3 Å². The molecule has 0 aromatic rings. The van der Waals surface area contributed by atoms with Gasteiger partial charge >= 0.3 is 5.97 Å². The van der Waals surface area contributed by atoms with Crippen LogP contribution >= 0.6 is 0 Å². The van der Waals surface area contributed by atoms with Gasteiger partial charge in [-0.05, 0) is 69.5 Å². The molecule has 3 rings (SSSR count). The monoisotopic (exact) mass is 612 g/mol. The Bertz CT molecular complexity index is 1080. The fraction of sp³-hybridized carbons (Fsp3) is 0.639. The van der Waals surface area contributed by atoms with Gasteiger partial charge in [-0.15, -0.1) is 0 Å². The van der Waals surface area contributed by atoms with Crippen LogP contribution in [-0.2, 0) is 23.4 Å². The molecule has 0 aliphatic carbocycles. The van der Waals surface area contributed by atoms with E-state index >= 15 is 0 Å². The largest absolute Gasteiger partial charge is 0.456 e. The van der Waals surface area contributed by atoms with Gasteiger partial charge in [-0.1, -0.05) is 94.0 Å². The first-order valence-electron chi connectivity index (χ1n) is 16.1. The molecule has 2 bridgehead atoms. The predicted molar refractivity (Wildman–Crippen MR) is 177 cm³/mol. The van der Waals surface area contributed by atoms with Crippen molar-refractivity contribution in [3.63, 3.8) is 0 Å². The normalized spacial score (nSPS) is 31.3. The SMILES string of the molecule is C=C1CC(O)C=CCC(C(C=CC2CC(C)=CCO2)O[Si](C)(C)C(C)(C)C)OC(=O)C=CCC2C=CCC(CC(C)C1)O2. The van der Waals surface area contributed by atoms with Crippen molar-refractivity contribution >= 4 is 14.3 Å². The topological polar surface area (TPSA) is 74.2 Å². The third kappa shape index (κ3) is 12.1. The molecule has 43 heavy (non-hydrogen) atoms. The van der Waals surface area contributed by atoms with Crippen LogP contribution < -0.4 is 0 Å². The highest BCUT2D eigenvalue weighted by Gasteiger charge is 2.41. The van der Waals surface area contributed by atoms with Gasteiger partial charge in [0, 0.05) is 12.5 Å². The fourth-order valence-electron chi connectivity index (χ4n) is 5.48. The lowest BCUT2D eigenvalue weighted by molar-refractivity contribution is -0.146. The Balaban J connectivity index is 1.89. The Morgan fingerprint density at radius 1 is 1.09 bits per heavy atom. The quantitative estimate of drug-likeness (QED) is 0.193. The number of aliphatic hydroxyl groups excluding tert-OH is 1. The molecule has 0 spiro atoms. The number of rotatable bonds is 5. The third-order valence-corrected chi connectivity index (χ3v) is 13.4. The van der Waals surface area contributed by atoms with Crippen molar-refractivity contribution in [1.29, 1.82) is 0 Å². The van der Waals surface area contributed by atoms with E-state index in [9.17, 15) is 9.90 Å². The first kappa shape index (κ1) is 35.4. The molecule has 0 aromatic carbocycles. The minimum absolute atomic E-state index is 0.0336. The van der Waals surface area contributed by atoms with E-state index in [4.69, 9.17) is 18.6 Å². The lowest BCUT2D eigenvalue weighted by Crippen LogP contribution is -2.47. The van der Waals surface area contributed by atoms with E-state index in [2.05, 4.69) is 78.6 Å². The zero-order chi connectivity index (χ0) is 31.6. The van der Waals surface area contributed by atoms with Crippen LogP contribution in [0.2, 0.25) is 18.1 Å². The summed E-state index contributed by atoms with van der Waals surface area (Å²) in [6, 6.07) is 0. The van der Waals surface area contributed by atoms with Crippen molar-refractivity contribution in [1.82, 2.24) is 0 Å². The van der Waals surface area contributed by atoms with Crippen molar-refractivity contribution < 1.29 is 28.5 Å². The summed E-state index contributed by atoms with van der Waals surface area (Å²) in [6.07, 6.45) is 20.8. The Morgan fingerprint density at radius 3 is 2.56 bits per heavy atom. The van der Waals surface area contributed by atoms with Gasteiger partial charge in [0.05, 0.1) is 31.0 Å². The van der Waals surface area contributed by atoms with Gasteiger partial charge in [0.25, 0.3) is 0 Å². The molecule has 0 aromatic heterocycles. The molecule has 0 radical (unpaired) electrons. The van der Waals surface area contributed by atoms with E-state index in [0.29, 0.717) is 31.8 Å². The smallest absolute Gasteiger partial charge is 0.330 e. The first-order chi connectivity index (χ1) is 20.2. The maximum Gasteiger partial charge on any atom is 0.330 e. The summed E-state index contributed by atoms with van der Waals surface area (Å²) < 4.78 is 25.3. The standard InChI is InChI=1S/C36H56O6Si/c1-26-20-21-39-31(24-26)18-19-34(42-43(7,8)36(4,5)6)33-16-9-12-29(37)23-27(2)22-28(3)25-32-15-10-13-30(40-32)14-11-17-35(38)41-33/h9-13,17-20,28-34,37H,2,14-16,21-25H2,1,3-8H3. The van der Waals surface area contributed by atoms with Crippen LogP contribution in [-0.4, -0.2) is 62.6 Å². The molecule has 0 fully saturated rings. The van der Waals surface area contributed by atoms with Crippen LogP contribution in [0.5, 0.6) is 0 Å². The molecular formula is C36H56O6Si. The Kier molecular flexibility index (Phi) is 13.5. The van der Waals surface area contributed by atoms with Crippen LogP contribution in [0.3, 0.4) is 0 Å². The van der Waals surface area contributed by atoms with Crippen molar-refractivity contribution in [3.05, 3.63) is 72.4 Å². The summed E-state index contributed by atoms with van der Waals surface area (Å²) in [4.78, 5) is 13.2. The van der Waals surface area contributed by atoms with Crippen molar-refractivity contribution in [2.75, 3.05) is 6.61 Å². The maximum atomic E-state index is 13.2. The van der Waals surface area contributed by atoms with Gasteiger partial charge in [-0.2, -0.15) is 0 Å². The second-order valence-corrected chi connectivity index (χ2v) is 18.9. The van der Waals surface area contributed by atoms with E-state index in [1.165, 1.54) is 11.6 Å². The summed E-state index contributed by atoms with van der Waals surface area (Å²) in [5.74, 6) is -0.00889. The molecule has 6 nitrogen and oxygen atoms in total. The number of esters is 1. The zero-order valence-corrected chi connectivity index (χ0v) is 28.6. The molecule has 3 heterocycles. The highest BCUT2D eigenvalue weighted by molar-refractivity contribution is 6.74. The Labute approximate surface area is 261 Å². The lowest BCUT2D eigenvalue weighted by Gasteiger charge is -2.40. The van der Waals surface area contributed by atoms with E-state index < -0.39 is 32.6 Å². The molecule has 3 aliphatic rings. The molecule has 0 saturated carbocycles. The number of ether oxygens (including phenoxy) is 3. The van der Waals surface area contributed by atoms with Gasteiger partial charge in [-0.3, -0.25) is 0 Å². The third-order valence-electron chi connectivity index (χ3n) is 8.92. The number of carbonyl (C=O) groups is 1. The Hall–Kier alpha value is -2.03. The Morgan fingerprint density at radius 2 is 1.84 bits per heavy atom. The van der Waals surface area contributed by atoms with Gasteiger partial charge in [0.15, 0.2) is 8.32 Å². The van der Waals surface area contributed by atoms with Crippen molar-refractivity contribution in [3.8, 4) is 0 Å². The van der Waals surface area contributed by atoms with Crippen molar-refractivity contribution in [2.45, 2.75) is 134 Å². The average molecular weight is 613 g/mol. The van der Waals surface area contributed by atoms with Gasteiger partial charge in [0.1, 0.15) is 12.2 Å². The highest BCUT2D eigenvalue weighted by atomic mass is 28.4. The van der Waals surface area contributed by atoms with Crippen molar-refractivity contribution in [2.24, 2.45) is 5.92 Å². The summed E-state index contributed by atoms with van der Waals surface area (Å²) in [7, 11) is -2.25. The number of fused-ring (bicyclic) bond motifs is 2. The highest BCUT2D eigenvalue weighted by Crippen LogP contribution is 2.38. The second kappa shape index (κ2) is 16.3. The number of cyclic esters (lactones) is 1. The number of aliphatic hydroxyl groups is 1. The van der Waals surface area contributed by atoms with Gasteiger partial charge < -0.3 is 23.7 Å². The van der Waals surface area contributed by atoms with Crippen LogP contribution in [0.25, 0.3) is 0 Å². The van der Waals surface area contributed by atoms with E-state index in [1.807, 2.05) is 18.2 Å². The van der Waals surface area contributed by atoms with Crippen LogP contribution in [0.1, 0.15) is 79.6 Å². The summed E-state index contributed by atoms with van der Waals surface area (Å²) in [6.45, 7) is 20.2. The summed E-state index contributed by atoms with van der Waals surface area (Å²) in [5.41, 5.74) is 2.32. The molecule has 7 unspecified atom stereocenters. The molecule has 0 amide bonds. The molecular weight excluding hydrogens is 556 g/mol. The minimum Gasteiger partial charge on any atom is -0.456 e. The van der Waals surface area contributed by atoms with Crippen LogP contribution in [0, 0.1) is 5.92 Å². The summed E-state index contributed by atoms with van der Waals surface area (Å²) in [5, 5.41) is 10.8. The van der Waals surface area contributed by atoms with Crippen LogP contribution in [0.15, 0.2) is 72.4 Å². The molecule has 3 aliphatic heterocycles. The molecule has 1 N–H and O–H groups in total. The molecule has 7 atom stereocenters. The van der Waals surface area contributed by atoms with E-state index in [-0.39, 0.29) is 23.4 Å². The average Bonchev–Trinajstić information content (AvgIpc) is 2.89. The lowest BCUT2D eigenvalue weighted by atomic mass is 9.91. The molecule has 0 saturated heterocycles. The molecule has 240 valence electrons. The fourth-order valence-corrected chi connectivity index (χ4v) is 6.75. The number of hydrogen-bond acceptors (Lipinski definition) is 6. The minimum atomic E-state index is -2.25. The summed E-state index contributed by atoms with van der Waals surface area (Å²) >= 11 is 0. The first-order valence-corrected chi connectivity index (χ1v) is 19.0. The zero-order valence-electron chi connectivity index (χ0n) is 27.6. The van der Waals surface area contributed by atoms with Gasteiger partial charge in [0.2, 0.25) is 0 Å².